The predicted octanol–water partition coefficient (Wildman–Crippen LogP) is 3.06. The van der Waals surface area contributed by atoms with E-state index in [4.69, 9.17) is 4.74 Å². The van der Waals surface area contributed by atoms with Gasteiger partial charge in [-0.25, -0.2) is 0 Å². The molecule has 0 spiro atoms. The van der Waals surface area contributed by atoms with Crippen molar-refractivity contribution in [3.8, 4) is 16.9 Å². The lowest BCUT2D eigenvalue weighted by molar-refractivity contribution is 0.200. The van der Waals surface area contributed by atoms with Crippen LogP contribution in [0.2, 0.25) is 0 Å². The Morgan fingerprint density at radius 1 is 1.28 bits per heavy atom. The van der Waals surface area contributed by atoms with Crippen molar-refractivity contribution in [1.82, 2.24) is 5.32 Å². The number of aliphatic hydroxyl groups is 1. The molecule has 0 aliphatic carbocycles. The molecular weight excluding hydrogens is 312 g/mol. The SMILES string of the molecule is CC(O)c1ccccc1-c1cc2c3c(c1)[C@@H]1CNCC[C@@H]1N3CCO2. The summed E-state index contributed by atoms with van der Waals surface area (Å²) in [6, 6.07) is 13.2. The van der Waals surface area contributed by atoms with Gasteiger partial charge >= 0.3 is 0 Å². The number of piperidine rings is 1. The summed E-state index contributed by atoms with van der Waals surface area (Å²) in [5.41, 5.74) is 5.94. The Labute approximate surface area is 148 Å². The van der Waals surface area contributed by atoms with Crippen LogP contribution in [-0.4, -0.2) is 37.4 Å². The first-order chi connectivity index (χ1) is 12.2. The molecule has 2 N–H and O–H groups in total. The van der Waals surface area contributed by atoms with Crippen LogP contribution in [0.3, 0.4) is 0 Å². The average Bonchev–Trinajstić information content (AvgIpc) is 2.98. The maximum atomic E-state index is 10.2. The normalized spacial score (nSPS) is 25.1. The van der Waals surface area contributed by atoms with Gasteiger partial charge in [0.15, 0.2) is 0 Å². The number of nitrogens with zero attached hydrogens (tertiary/aromatic N) is 1. The lowest BCUT2D eigenvalue weighted by Gasteiger charge is -2.36. The van der Waals surface area contributed by atoms with Crippen LogP contribution >= 0.6 is 0 Å². The lowest BCUT2D eigenvalue weighted by Crippen LogP contribution is -2.46. The summed E-state index contributed by atoms with van der Waals surface area (Å²) in [6.07, 6.45) is 0.709. The van der Waals surface area contributed by atoms with Crippen molar-refractivity contribution in [2.75, 3.05) is 31.1 Å². The summed E-state index contributed by atoms with van der Waals surface area (Å²) in [6.45, 7) is 5.71. The fourth-order valence-electron chi connectivity index (χ4n) is 4.84. The van der Waals surface area contributed by atoms with Gasteiger partial charge in [-0.05, 0) is 54.3 Å². The third-order valence-corrected chi connectivity index (χ3v) is 5.95. The third kappa shape index (κ3) is 2.28. The molecule has 3 aliphatic rings. The number of fused-ring (bicyclic) bond motifs is 3. The van der Waals surface area contributed by atoms with Gasteiger partial charge in [0.1, 0.15) is 12.4 Å². The van der Waals surface area contributed by atoms with Gasteiger partial charge in [-0.3, -0.25) is 0 Å². The fraction of sp³-hybridized carbons (Fsp3) is 0.429. The van der Waals surface area contributed by atoms with Gasteiger partial charge in [-0.1, -0.05) is 24.3 Å². The number of ether oxygens (including phenoxy) is 1. The summed E-state index contributed by atoms with van der Waals surface area (Å²) in [5.74, 6) is 1.54. The van der Waals surface area contributed by atoms with E-state index in [0.717, 1.165) is 48.7 Å². The largest absolute Gasteiger partial charge is 0.490 e. The molecule has 2 aromatic rings. The van der Waals surface area contributed by atoms with Crippen LogP contribution < -0.4 is 15.0 Å². The first kappa shape index (κ1) is 15.2. The van der Waals surface area contributed by atoms with E-state index in [-0.39, 0.29) is 0 Å². The van der Waals surface area contributed by atoms with Crippen molar-refractivity contribution in [2.24, 2.45) is 0 Å². The Bertz CT molecular complexity index is 818. The van der Waals surface area contributed by atoms with Gasteiger partial charge < -0.3 is 20.1 Å². The molecular formula is C21H24N2O2. The molecule has 130 valence electrons. The highest BCUT2D eigenvalue weighted by Crippen LogP contribution is 2.51. The Kier molecular flexibility index (Phi) is 3.50. The molecule has 3 aliphatic heterocycles. The van der Waals surface area contributed by atoms with Crippen molar-refractivity contribution < 1.29 is 9.84 Å². The van der Waals surface area contributed by atoms with Crippen molar-refractivity contribution >= 4 is 5.69 Å². The Morgan fingerprint density at radius 3 is 3.04 bits per heavy atom. The average molecular weight is 336 g/mol. The van der Waals surface area contributed by atoms with Gasteiger partial charge in [-0.15, -0.1) is 0 Å². The second-order valence-electron chi connectivity index (χ2n) is 7.38. The number of aliphatic hydroxyl groups excluding tert-OH is 1. The van der Waals surface area contributed by atoms with Crippen LogP contribution in [0.25, 0.3) is 11.1 Å². The topological polar surface area (TPSA) is 44.7 Å². The Morgan fingerprint density at radius 2 is 2.16 bits per heavy atom. The quantitative estimate of drug-likeness (QED) is 0.885. The van der Waals surface area contributed by atoms with Crippen molar-refractivity contribution in [3.05, 3.63) is 47.5 Å². The third-order valence-electron chi connectivity index (χ3n) is 5.95. The van der Waals surface area contributed by atoms with E-state index in [0.29, 0.717) is 12.0 Å². The van der Waals surface area contributed by atoms with Gasteiger partial charge in [0.25, 0.3) is 0 Å². The van der Waals surface area contributed by atoms with Gasteiger partial charge in [0, 0.05) is 18.5 Å². The molecule has 1 fully saturated rings. The molecule has 4 nitrogen and oxygen atoms in total. The molecule has 3 heterocycles. The molecule has 3 atom stereocenters. The molecule has 1 unspecified atom stereocenters. The minimum atomic E-state index is -0.484. The zero-order valence-corrected chi connectivity index (χ0v) is 14.5. The second kappa shape index (κ2) is 5.75. The van der Waals surface area contributed by atoms with Gasteiger partial charge in [-0.2, -0.15) is 0 Å². The minimum absolute atomic E-state index is 0.484. The lowest BCUT2D eigenvalue weighted by atomic mass is 9.87. The standard InChI is InChI=1S/C21H24N2O2/c1-13(24)15-4-2-3-5-16(15)14-10-17-18-12-22-7-6-19(18)23-8-9-25-20(11-14)21(17)23/h2-5,10-11,13,18-19,22,24H,6-9,12H2,1H3/t13?,18-,19-/m0/s1. The van der Waals surface area contributed by atoms with Crippen LogP contribution in [0.1, 0.15) is 36.5 Å². The fourth-order valence-corrected chi connectivity index (χ4v) is 4.84. The van der Waals surface area contributed by atoms with E-state index in [1.54, 1.807) is 0 Å². The number of anilines is 1. The number of rotatable bonds is 2. The van der Waals surface area contributed by atoms with Gasteiger partial charge in [0.2, 0.25) is 0 Å². The molecule has 25 heavy (non-hydrogen) atoms. The Hall–Kier alpha value is -2.04. The van der Waals surface area contributed by atoms with Crippen molar-refractivity contribution in [2.45, 2.75) is 31.4 Å². The molecule has 0 bridgehead atoms. The highest BCUT2D eigenvalue weighted by atomic mass is 16.5. The first-order valence-corrected chi connectivity index (χ1v) is 9.29. The zero-order valence-electron chi connectivity index (χ0n) is 14.5. The van der Waals surface area contributed by atoms with Crippen LogP contribution in [0.5, 0.6) is 5.75 Å². The number of benzene rings is 2. The van der Waals surface area contributed by atoms with Gasteiger partial charge in [0.05, 0.1) is 18.3 Å². The number of nitrogens with one attached hydrogen (secondary N) is 1. The highest BCUT2D eigenvalue weighted by Gasteiger charge is 2.43. The molecule has 2 aromatic carbocycles. The molecule has 0 radical (unpaired) electrons. The molecule has 0 aromatic heterocycles. The van der Waals surface area contributed by atoms with Crippen LogP contribution in [0, 0.1) is 0 Å². The zero-order chi connectivity index (χ0) is 17.0. The van der Waals surface area contributed by atoms with E-state index in [2.05, 4.69) is 28.4 Å². The van der Waals surface area contributed by atoms with E-state index in [9.17, 15) is 5.11 Å². The van der Waals surface area contributed by atoms with E-state index in [1.165, 1.54) is 17.7 Å². The minimum Gasteiger partial charge on any atom is -0.490 e. The van der Waals surface area contributed by atoms with Crippen molar-refractivity contribution in [3.63, 3.8) is 0 Å². The summed E-state index contributed by atoms with van der Waals surface area (Å²) >= 11 is 0. The first-order valence-electron chi connectivity index (χ1n) is 9.29. The number of hydrogen-bond donors (Lipinski definition) is 2. The van der Waals surface area contributed by atoms with Crippen LogP contribution in [0.15, 0.2) is 36.4 Å². The highest BCUT2D eigenvalue weighted by molar-refractivity contribution is 5.80. The summed E-state index contributed by atoms with van der Waals surface area (Å²) in [7, 11) is 0. The summed E-state index contributed by atoms with van der Waals surface area (Å²) < 4.78 is 6.06. The summed E-state index contributed by atoms with van der Waals surface area (Å²) in [4.78, 5) is 2.57. The number of hydrogen-bond acceptors (Lipinski definition) is 4. The van der Waals surface area contributed by atoms with E-state index < -0.39 is 6.10 Å². The van der Waals surface area contributed by atoms with Crippen molar-refractivity contribution in [1.29, 1.82) is 0 Å². The maximum absolute atomic E-state index is 10.2. The second-order valence-corrected chi connectivity index (χ2v) is 7.38. The molecule has 4 heteroatoms. The monoisotopic (exact) mass is 336 g/mol. The molecule has 0 saturated carbocycles. The predicted molar refractivity (Wildman–Crippen MR) is 99.4 cm³/mol. The maximum Gasteiger partial charge on any atom is 0.143 e. The molecule has 0 amide bonds. The molecule has 1 saturated heterocycles. The van der Waals surface area contributed by atoms with E-state index in [1.807, 2.05) is 25.1 Å². The Balaban J connectivity index is 1.68. The summed E-state index contributed by atoms with van der Waals surface area (Å²) in [5, 5.41) is 13.7. The van der Waals surface area contributed by atoms with Crippen LogP contribution in [0.4, 0.5) is 5.69 Å². The van der Waals surface area contributed by atoms with Crippen LogP contribution in [-0.2, 0) is 0 Å². The molecule has 5 rings (SSSR count). The van der Waals surface area contributed by atoms with E-state index >= 15 is 0 Å². The smallest absolute Gasteiger partial charge is 0.143 e.